The second-order valence-electron chi connectivity index (χ2n) is 5.83. The molecule has 0 spiro atoms. The summed E-state index contributed by atoms with van der Waals surface area (Å²) in [6.45, 7) is 2.95. The highest BCUT2D eigenvalue weighted by Gasteiger charge is 2.22. The highest BCUT2D eigenvalue weighted by Crippen LogP contribution is 2.18. The van der Waals surface area contributed by atoms with Crippen molar-refractivity contribution in [1.82, 2.24) is 15.2 Å². The number of carbonyl (C=O) groups excluding carboxylic acids is 2. The molecule has 1 fully saturated rings. The van der Waals surface area contributed by atoms with Crippen molar-refractivity contribution in [3.05, 3.63) is 45.2 Å². The van der Waals surface area contributed by atoms with Crippen molar-refractivity contribution in [3.63, 3.8) is 0 Å². The van der Waals surface area contributed by atoms with E-state index in [1.54, 1.807) is 24.4 Å². The molecular weight excluding hydrogens is 330 g/mol. The molecule has 1 aliphatic rings. The number of fused-ring (bicyclic) bond motifs is 1. The average Bonchev–Trinajstić information content (AvgIpc) is 2.57. The molecule has 1 aromatic heterocycles. The van der Waals surface area contributed by atoms with Gasteiger partial charge in [0.2, 0.25) is 11.3 Å². The first-order chi connectivity index (χ1) is 11.5. The van der Waals surface area contributed by atoms with E-state index in [2.05, 4.69) is 10.6 Å². The number of halogens is 1. The van der Waals surface area contributed by atoms with E-state index in [0.717, 1.165) is 5.52 Å². The number of amides is 2. The van der Waals surface area contributed by atoms with Gasteiger partial charge in [-0.25, -0.2) is 0 Å². The summed E-state index contributed by atoms with van der Waals surface area (Å²) in [5.41, 5.74) is 0.492. The molecule has 1 atom stereocenters. The Hall–Kier alpha value is -2.34. The molecule has 2 amide bonds. The largest absolute Gasteiger partial charge is 0.354 e. The van der Waals surface area contributed by atoms with Crippen LogP contribution in [0.1, 0.15) is 30.1 Å². The predicted octanol–water partition coefficient (Wildman–Crippen LogP) is 1.68. The van der Waals surface area contributed by atoms with Gasteiger partial charge >= 0.3 is 0 Å². The maximum Gasteiger partial charge on any atom is 0.257 e. The van der Waals surface area contributed by atoms with Gasteiger partial charge in [0.1, 0.15) is 5.56 Å². The Bertz CT molecular complexity index is 865. The Morgan fingerprint density at radius 3 is 2.88 bits per heavy atom. The molecule has 3 rings (SSSR count). The molecule has 2 N–H and O–H groups in total. The number of hydrogen-bond acceptors (Lipinski definition) is 3. The number of piperidine rings is 1. The van der Waals surface area contributed by atoms with Crippen LogP contribution < -0.4 is 16.1 Å². The van der Waals surface area contributed by atoms with Crippen molar-refractivity contribution in [3.8, 4) is 0 Å². The Balaban J connectivity index is 1.96. The topological polar surface area (TPSA) is 80.2 Å². The number of benzene rings is 1. The van der Waals surface area contributed by atoms with E-state index in [4.69, 9.17) is 11.6 Å². The molecule has 0 radical (unpaired) electrons. The number of rotatable bonds is 3. The molecule has 24 heavy (non-hydrogen) atoms. The minimum Gasteiger partial charge on any atom is -0.354 e. The Kier molecular flexibility index (Phi) is 4.57. The van der Waals surface area contributed by atoms with E-state index in [1.807, 2.05) is 11.5 Å². The van der Waals surface area contributed by atoms with Crippen molar-refractivity contribution >= 4 is 34.3 Å². The summed E-state index contributed by atoms with van der Waals surface area (Å²) >= 11 is 6.00. The van der Waals surface area contributed by atoms with E-state index in [0.29, 0.717) is 36.3 Å². The minimum absolute atomic E-state index is 0.0193. The standard InChI is InChI=1S/C17H18ClN3O3/c1-2-21-9-13(16(23)12-7-10(18)3-5-14(12)21)17(24)20-11-4-6-15(22)19-8-11/h3,5,7,9,11H,2,4,6,8H2,1H3,(H,19,22)(H,20,24)/t11-/m0/s1. The fourth-order valence-corrected chi connectivity index (χ4v) is 3.08. The van der Waals surface area contributed by atoms with Crippen LogP contribution in [-0.4, -0.2) is 29.0 Å². The first-order valence-electron chi connectivity index (χ1n) is 7.90. The molecule has 1 saturated heterocycles. The summed E-state index contributed by atoms with van der Waals surface area (Å²) in [5, 5.41) is 6.41. The first-order valence-corrected chi connectivity index (χ1v) is 8.27. The number of pyridine rings is 1. The summed E-state index contributed by atoms with van der Waals surface area (Å²) in [6, 6.07) is 4.92. The molecule has 6 nitrogen and oxygen atoms in total. The molecular formula is C17H18ClN3O3. The molecule has 2 aromatic rings. The van der Waals surface area contributed by atoms with Crippen LogP contribution in [0.5, 0.6) is 0 Å². The number of aromatic nitrogens is 1. The van der Waals surface area contributed by atoms with Crippen LogP contribution in [0.3, 0.4) is 0 Å². The van der Waals surface area contributed by atoms with E-state index in [1.165, 1.54) is 0 Å². The van der Waals surface area contributed by atoms with Gasteiger partial charge in [0, 0.05) is 42.2 Å². The maximum absolute atomic E-state index is 12.7. The van der Waals surface area contributed by atoms with Crippen LogP contribution >= 0.6 is 11.6 Å². The van der Waals surface area contributed by atoms with E-state index >= 15 is 0 Å². The van der Waals surface area contributed by atoms with Gasteiger partial charge in [-0.15, -0.1) is 0 Å². The van der Waals surface area contributed by atoms with Gasteiger partial charge in [-0.3, -0.25) is 14.4 Å². The van der Waals surface area contributed by atoms with Crippen molar-refractivity contribution < 1.29 is 9.59 Å². The van der Waals surface area contributed by atoms with Crippen LogP contribution in [0.15, 0.2) is 29.2 Å². The monoisotopic (exact) mass is 347 g/mol. The fraction of sp³-hybridized carbons (Fsp3) is 0.353. The van der Waals surface area contributed by atoms with Gasteiger partial charge in [0.05, 0.1) is 5.52 Å². The van der Waals surface area contributed by atoms with Gasteiger partial charge in [0.25, 0.3) is 5.91 Å². The summed E-state index contributed by atoms with van der Waals surface area (Å²) in [5.74, 6) is -0.445. The third-order valence-corrected chi connectivity index (χ3v) is 4.46. The van der Waals surface area contributed by atoms with Crippen LogP contribution in [-0.2, 0) is 11.3 Å². The lowest BCUT2D eigenvalue weighted by molar-refractivity contribution is -0.122. The zero-order valence-corrected chi connectivity index (χ0v) is 14.0. The quantitative estimate of drug-likeness (QED) is 0.886. The smallest absolute Gasteiger partial charge is 0.257 e. The molecule has 1 aromatic carbocycles. The second kappa shape index (κ2) is 6.65. The van der Waals surface area contributed by atoms with Crippen LogP contribution in [0.4, 0.5) is 0 Å². The van der Waals surface area contributed by atoms with Crippen molar-refractivity contribution in [2.45, 2.75) is 32.4 Å². The normalized spacial score (nSPS) is 17.6. The first kappa shape index (κ1) is 16.5. The van der Waals surface area contributed by atoms with Gasteiger partial charge in [-0.1, -0.05) is 11.6 Å². The third-order valence-electron chi connectivity index (χ3n) is 4.23. The summed E-state index contributed by atoms with van der Waals surface area (Å²) < 4.78 is 1.85. The van der Waals surface area contributed by atoms with Crippen LogP contribution in [0, 0.1) is 0 Å². The Labute approximate surface area is 143 Å². The zero-order chi connectivity index (χ0) is 17.3. The lowest BCUT2D eigenvalue weighted by Gasteiger charge is -2.23. The van der Waals surface area contributed by atoms with Crippen molar-refractivity contribution in [1.29, 1.82) is 0 Å². The zero-order valence-electron chi connectivity index (χ0n) is 13.3. The molecule has 2 heterocycles. The number of hydrogen-bond donors (Lipinski definition) is 2. The van der Waals surface area contributed by atoms with Gasteiger partial charge in [-0.2, -0.15) is 0 Å². The van der Waals surface area contributed by atoms with Crippen molar-refractivity contribution in [2.24, 2.45) is 0 Å². The maximum atomic E-state index is 12.7. The molecule has 0 saturated carbocycles. The number of nitrogens with one attached hydrogen (secondary N) is 2. The molecule has 126 valence electrons. The van der Waals surface area contributed by atoms with Crippen LogP contribution in [0.25, 0.3) is 10.9 Å². The minimum atomic E-state index is -0.426. The Morgan fingerprint density at radius 1 is 1.42 bits per heavy atom. The Morgan fingerprint density at radius 2 is 2.21 bits per heavy atom. The average molecular weight is 348 g/mol. The number of carbonyl (C=O) groups is 2. The lowest BCUT2D eigenvalue weighted by Crippen LogP contribution is -2.48. The van der Waals surface area contributed by atoms with E-state index < -0.39 is 5.91 Å². The van der Waals surface area contributed by atoms with Gasteiger partial charge in [-0.05, 0) is 31.5 Å². The van der Waals surface area contributed by atoms with Crippen molar-refractivity contribution in [2.75, 3.05) is 6.54 Å². The van der Waals surface area contributed by atoms with Gasteiger partial charge < -0.3 is 15.2 Å². The van der Waals surface area contributed by atoms with Gasteiger partial charge in [0.15, 0.2) is 0 Å². The fourth-order valence-electron chi connectivity index (χ4n) is 2.91. The second-order valence-corrected chi connectivity index (χ2v) is 6.27. The van der Waals surface area contributed by atoms with Crippen LogP contribution in [0.2, 0.25) is 5.02 Å². The summed E-state index contributed by atoms with van der Waals surface area (Å²) in [4.78, 5) is 36.4. The molecule has 1 aliphatic heterocycles. The predicted molar refractivity (Wildman–Crippen MR) is 92.4 cm³/mol. The highest BCUT2D eigenvalue weighted by atomic mass is 35.5. The third kappa shape index (κ3) is 3.14. The molecule has 7 heteroatoms. The number of aryl methyl sites for hydroxylation is 1. The van der Waals surface area contributed by atoms with E-state index in [-0.39, 0.29) is 22.9 Å². The number of nitrogens with zero attached hydrogens (tertiary/aromatic N) is 1. The highest BCUT2D eigenvalue weighted by molar-refractivity contribution is 6.31. The lowest BCUT2D eigenvalue weighted by atomic mass is 10.1. The summed E-state index contributed by atoms with van der Waals surface area (Å²) in [6.07, 6.45) is 2.52. The molecule has 0 unspecified atom stereocenters. The van der Waals surface area contributed by atoms with E-state index in [9.17, 15) is 14.4 Å². The molecule has 0 bridgehead atoms. The SMILES string of the molecule is CCn1cc(C(=O)N[C@H]2CCC(=O)NC2)c(=O)c2cc(Cl)ccc21. The molecule has 0 aliphatic carbocycles. The summed E-state index contributed by atoms with van der Waals surface area (Å²) in [7, 11) is 0.